The number of benzene rings is 2. The van der Waals surface area contributed by atoms with Crippen LogP contribution >= 0.6 is 0 Å². The van der Waals surface area contributed by atoms with Gasteiger partial charge in [-0.2, -0.15) is 0 Å². The van der Waals surface area contributed by atoms with E-state index in [1.807, 2.05) is 30.4 Å². The van der Waals surface area contributed by atoms with E-state index < -0.39 is 0 Å². The van der Waals surface area contributed by atoms with E-state index in [0.717, 1.165) is 34.9 Å². The number of aromatic nitrogens is 2. The number of anilines is 2. The number of fused-ring (bicyclic) bond motifs is 3. The van der Waals surface area contributed by atoms with E-state index in [1.54, 1.807) is 0 Å². The molecule has 0 bridgehead atoms. The Morgan fingerprint density at radius 2 is 1.92 bits per heavy atom. The van der Waals surface area contributed by atoms with Gasteiger partial charge in [-0.1, -0.05) is 49.1 Å². The number of allylic oxidation sites excluding steroid dienone is 4. The SMILES string of the molecule is C=C1/C=C\C=C/CN(c2cccc(C)c2)c2nc3ccccc3n21. The van der Waals surface area contributed by atoms with Crippen LogP contribution in [0.5, 0.6) is 0 Å². The zero-order valence-electron chi connectivity index (χ0n) is 13.7. The summed E-state index contributed by atoms with van der Waals surface area (Å²) in [6.45, 7) is 7.11. The van der Waals surface area contributed by atoms with E-state index in [0.29, 0.717) is 0 Å². The maximum Gasteiger partial charge on any atom is 0.216 e. The Morgan fingerprint density at radius 1 is 1.04 bits per heavy atom. The molecule has 0 radical (unpaired) electrons. The predicted octanol–water partition coefficient (Wildman–Crippen LogP) is 5.08. The van der Waals surface area contributed by atoms with Gasteiger partial charge in [-0.15, -0.1) is 0 Å². The van der Waals surface area contributed by atoms with Crippen molar-refractivity contribution < 1.29 is 0 Å². The Balaban J connectivity index is 1.99. The average molecular weight is 313 g/mol. The molecule has 4 rings (SSSR count). The van der Waals surface area contributed by atoms with Gasteiger partial charge < -0.3 is 4.90 Å². The van der Waals surface area contributed by atoms with Crippen LogP contribution in [0.4, 0.5) is 11.6 Å². The van der Waals surface area contributed by atoms with Crippen LogP contribution in [0.2, 0.25) is 0 Å². The van der Waals surface area contributed by atoms with E-state index in [1.165, 1.54) is 5.56 Å². The highest BCUT2D eigenvalue weighted by Gasteiger charge is 2.19. The molecule has 1 aliphatic heterocycles. The fourth-order valence-corrected chi connectivity index (χ4v) is 3.06. The summed E-state index contributed by atoms with van der Waals surface area (Å²) < 4.78 is 2.13. The Kier molecular flexibility index (Phi) is 3.54. The van der Waals surface area contributed by atoms with Crippen LogP contribution < -0.4 is 4.90 Å². The van der Waals surface area contributed by atoms with Crippen molar-refractivity contribution in [2.75, 3.05) is 11.4 Å². The van der Waals surface area contributed by atoms with Gasteiger partial charge in [0.15, 0.2) is 0 Å². The van der Waals surface area contributed by atoms with Crippen molar-refractivity contribution in [3.8, 4) is 0 Å². The van der Waals surface area contributed by atoms with Crippen molar-refractivity contribution in [2.24, 2.45) is 0 Å². The second-order valence-corrected chi connectivity index (χ2v) is 5.96. The average Bonchev–Trinajstić information content (AvgIpc) is 2.98. The van der Waals surface area contributed by atoms with Gasteiger partial charge in [-0.3, -0.25) is 4.57 Å². The second kappa shape index (κ2) is 5.85. The topological polar surface area (TPSA) is 21.1 Å². The molecule has 3 nitrogen and oxygen atoms in total. The van der Waals surface area contributed by atoms with Gasteiger partial charge in [0.1, 0.15) is 0 Å². The lowest BCUT2D eigenvalue weighted by molar-refractivity contribution is 0.980. The van der Waals surface area contributed by atoms with E-state index in [2.05, 4.69) is 65.5 Å². The standard InChI is InChI=1S/C21H19N3/c1-16-9-8-11-18(15-16)23-14-7-3-4-10-17(2)24-20-13-6-5-12-19(20)22-21(23)24/h3-13,15H,2,14H2,1H3/b7-3-,10-4-. The lowest BCUT2D eigenvalue weighted by Gasteiger charge is -2.23. The van der Waals surface area contributed by atoms with Crippen LogP contribution in [0, 0.1) is 6.92 Å². The number of aryl methyl sites for hydroxylation is 1. The van der Waals surface area contributed by atoms with Crippen molar-refractivity contribution in [1.82, 2.24) is 9.55 Å². The molecule has 118 valence electrons. The van der Waals surface area contributed by atoms with Gasteiger partial charge in [0, 0.05) is 17.9 Å². The molecule has 24 heavy (non-hydrogen) atoms. The minimum absolute atomic E-state index is 0.754. The van der Waals surface area contributed by atoms with Crippen LogP contribution in [-0.2, 0) is 0 Å². The molecule has 0 spiro atoms. The summed E-state index contributed by atoms with van der Waals surface area (Å²) in [5, 5.41) is 0. The lowest BCUT2D eigenvalue weighted by atomic mass is 10.2. The first-order valence-corrected chi connectivity index (χ1v) is 8.08. The lowest BCUT2D eigenvalue weighted by Crippen LogP contribution is -2.20. The Bertz CT molecular complexity index is 976. The molecule has 0 N–H and O–H groups in total. The van der Waals surface area contributed by atoms with E-state index in [9.17, 15) is 0 Å². The molecule has 0 amide bonds. The normalized spacial score (nSPS) is 17.0. The van der Waals surface area contributed by atoms with Crippen molar-refractivity contribution in [2.45, 2.75) is 6.92 Å². The zero-order chi connectivity index (χ0) is 16.5. The summed E-state index contributed by atoms with van der Waals surface area (Å²) in [5.74, 6) is 0.892. The van der Waals surface area contributed by atoms with E-state index >= 15 is 0 Å². The molecule has 0 atom stereocenters. The van der Waals surface area contributed by atoms with Crippen LogP contribution in [-0.4, -0.2) is 16.1 Å². The van der Waals surface area contributed by atoms with Gasteiger partial charge in [-0.25, -0.2) is 4.98 Å². The molecule has 2 heterocycles. The zero-order valence-corrected chi connectivity index (χ0v) is 13.7. The number of hydrogen-bond acceptors (Lipinski definition) is 2. The molecule has 0 aliphatic carbocycles. The van der Waals surface area contributed by atoms with Gasteiger partial charge in [0.2, 0.25) is 5.95 Å². The van der Waals surface area contributed by atoms with Crippen LogP contribution in [0.15, 0.2) is 79.4 Å². The Morgan fingerprint density at radius 3 is 2.79 bits per heavy atom. The number of nitrogens with zero attached hydrogens (tertiary/aromatic N) is 3. The number of hydrogen-bond donors (Lipinski definition) is 0. The maximum absolute atomic E-state index is 4.89. The minimum Gasteiger partial charge on any atom is -0.308 e. The molecule has 2 aromatic carbocycles. The van der Waals surface area contributed by atoms with E-state index in [-0.39, 0.29) is 0 Å². The third-order valence-corrected chi connectivity index (χ3v) is 4.21. The number of para-hydroxylation sites is 2. The second-order valence-electron chi connectivity index (χ2n) is 5.96. The maximum atomic E-state index is 4.89. The first-order chi connectivity index (χ1) is 11.7. The predicted molar refractivity (Wildman–Crippen MR) is 102 cm³/mol. The van der Waals surface area contributed by atoms with Crippen LogP contribution in [0.3, 0.4) is 0 Å². The monoisotopic (exact) mass is 313 g/mol. The summed E-state index contributed by atoms with van der Waals surface area (Å²) in [6, 6.07) is 16.7. The first-order valence-electron chi connectivity index (χ1n) is 8.08. The molecule has 1 aromatic heterocycles. The fraction of sp³-hybridized carbons (Fsp3) is 0.0952. The number of rotatable bonds is 1. The van der Waals surface area contributed by atoms with Crippen molar-refractivity contribution in [3.05, 3.63) is 85.0 Å². The van der Waals surface area contributed by atoms with Crippen molar-refractivity contribution >= 4 is 28.4 Å². The van der Waals surface area contributed by atoms with Crippen molar-refractivity contribution in [1.29, 1.82) is 0 Å². The smallest absolute Gasteiger partial charge is 0.216 e. The summed E-state index contributed by atoms with van der Waals surface area (Å²) in [7, 11) is 0. The fourth-order valence-electron chi connectivity index (χ4n) is 3.06. The number of imidazole rings is 1. The van der Waals surface area contributed by atoms with Crippen molar-refractivity contribution in [3.63, 3.8) is 0 Å². The highest BCUT2D eigenvalue weighted by molar-refractivity contribution is 5.86. The van der Waals surface area contributed by atoms with Crippen LogP contribution in [0.1, 0.15) is 5.56 Å². The molecular weight excluding hydrogens is 294 g/mol. The third kappa shape index (κ3) is 2.44. The molecule has 1 aliphatic rings. The molecule has 0 saturated heterocycles. The summed E-state index contributed by atoms with van der Waals surface area (Å²) in [6.07, 6.45) is 8.25. The van der Waals surface area contributed by atoms with E-state index in [4.69, 9.17) is 4.98 Å². The highest BCUT2D eigenvalue weighted by atomic mass is 15.3. The van der Waals surface area contributed by atoms with Gasteiger partial charge in [0.25, 0.3) is 0 Å². The summed E-state index contributed by atoms with van der Waals surface area (Å²) in [5.41, 5.74) is 5.32. The first kappa shape index (κ1) is 14.5. The summed E-state index contributed by atoms with van der Waals surface area (Å²) >= 11 is 0. The Hall–Kier alpha value is -3.07. The largest absolute Gasteiger partial charge is 0.308 e. The molecule has 0 saturated carbocycles. The molecular formula is C21H19N3. The molecule has 0 fully saturated rings. The minimum atomic E-state index is 0.754. The third-order valence-electron chi connectivity index (χ3n) is 4.21. The molecule has 3 aromatic rings. The van der Waals surface area contributed by atoms with Gasteiger partial charge in [0.05, 0.1) is 11.0 Å². The quantitative estimate of drug-likeness (QED) is 0.624. The van der Waals surface area contributed by atoms with Gasteiger partial charge >= 0.3 is 0 Å². The van der Waals surface area contributed by atoms with Crippen LogP contribution in [0.25, 0.3) is 16.7 Å². The summed E-state index contributed by atoms with van der Waals surface area (Å²) in [4.78, 5) is 7.12. The van der Waals surface area contributed by atoms with Gasteiger partial charge in [-0.05, 0) is 42.8 Å². The molecule has 3 heteroatoms. The Labute approximate surface area is 141 Å². The highest BCUT2D eigenvalue weighted by Crippen LogP contribution is 2.32. The molecule has 0 unspecified atom stereocenters.